The normalized spacial score (nSPS) is 17.3. The predicted octanol–water partition coefficient (Wildman–Crippen LogP) is 4.71. The molecule has 4 rings (SSSR count). The Morgan fingerprint density at radius 3 is 2.34 bits per heavy atom. The standard InChI is InChI=1S/C23H24ClFN2O3S2/c24-17-4-7-20(25)19(14-17)22(29)27-10-8-26(9-11-27)21(28)15-30-18-5-2-16(3-6-18)23-31-12-1-13-32-23/h2-7,14,23H,1,8-13,15H2. The molecule has 0 bridgehead atoms. The Labute approximate surface area is 200 Å². The summed E-state index contributed by atoms with van der Waals surface area (Å²) < 4.78 is 20.1. The molecule has 0 spiro atoms. The number of carbonyl (C=O) groups excluding carboxylic acids is 2. The number of carbonyl (C=O) groups is 2. The Morgan fingerprint density at radius 2 is 1.66 bits per heavy atom. The highest BCUT2D eigenvalue weighted by Crippen LogP contribution is 2.43. The van der Waals surface area contributed by atoms with Gasteiger partial charge in [-0.3, -0.25) is 9.59 Å². The van der Waals surface area contributed by atoms with Crippen LogP contribution in [0.2, 0.25) is 5.02 Å². The van der Waals surface area contributed by atoms with Gasteiger partial charge in [0.05, 0.1) is 10.1 Å². The highest BCUT2D eigenvalue weighted by molar-refractivity contribution is 8.16. The molecule has 0 radical (unpaired) electrons. The summed E-state index contributed by atoms with van der Waals surface area (Å²) in [6.45, 7) is 1.38. The van der Waals surface area contributed by atoms with Crippen LogP contribution in [0.4, 0.5) is 4.39 Å². The minimum absolute atomic E-state index is 0.0471. The molecular formula is C23H24ClFN2O3S2. The van der Waals surface area contributed by atoms with Gasteiger partial charge in [-0.1, -0.05) is 23.7 Å². The third-order valence-electron chi connectivity index (χ3n) is 5.42. The Morgan fingerprint density at radius 1 is 1.00 bits per heavy atom. The van der Waals surface area contributed by atoms with Crippen LogP contribution in [0.15, 0.2) is 42.5 Å². The largest absolute Gasteiger partial charge is 0.484 e. The summed E-state index contributed by atoms with van der Waals surface area (Å²) in [5.41, 5.74) is 1.23. The fourth-order valence-corrected chi connectivity index (χ4v) is 6.69. The van der Waals surface area contributed by atoms with Gasteiger partial charge in [-0.15, -0.1) is 23.5 Å². The minimum atomic E-state index is -0.599. The fourth-order valence-electron chi connectivity index (χ4n) is 3.63. The van der Waals surface area contributed by atoms with Crippen LogP contribution in [0.25, 0.3) is 0 Å². The van der Waals surface area contributed by atoms with Crippen LogP contribution in [-0.2, 0) is 4.79 Å². The molecule has 0 unspecified atom stereocenters. The van der Waals surface area contributed by atoms with Gasteiger partial charge in [-0.25, -0.2) is 4.39 Å². The molecule has 2 saturated heterocycles. The summed E-state index contributed by atoms with van der Waals surface area (Å²) in [5.74, 6) is 1.90. The van der Waals surface area contributed by atoms with Crippen LogP contribution >= 0.6 is 35.1 Å². The number of halogens is 2. The maximum absolute atomic E-state index is 14.0. The van der Waals surface area contributed by atoms with Gasteiger partial charge < -0.3 is 14.5 Å². The molecule has 5 nitrogen and oxygen atoms in total. The Hall–Kier alpha value is -1.90. The second-order valence-electron chi connectivity index (χ2n) is 7.58. The van der Waals surface area contributed by atoms with Crippen molar-refractivity contribution in [3.05, 3.63) is 64.4 Å². The molecule has 2 aromatic carbocycles. The number of thioether (sulfide) groups is 2. The second kappa shape index (κ2) is 10.8. The van der Waals surface area contributed by atoms with Crippen LogP contribution in [0.5, 0.6) is 5.75 Å². The zero-order valence-electron chi connectivity index (χ0n) is 17.5. The Bertz CT molecular complexity index is 962. The van der Waals surface area contributed by atoms with E-state index in [9.17, 15) is 14.0 Å². The predicted molar refractivity (Wildman–Crippen MR) is 128 cm³/mol. The molecule has 2 aliphatic rings. The Kier molecular flexibility index (Phi) is 7.86. The highest BCUT2D eigenvalue weighted by atomic mass is 35.5. The van der Waals surface area contributed by atoms with Crippen molar-refractivity contribution in [1.29, 1.82) is 0 Å². The van der Waals surface area contributed by atoms with Crippen LogP contribution in [-0.4, -0.2) is 65.9 Å². The summed E-state index contributed by atoms with van der Waals surface area (Å²) in [6.07, 6.45) is 1.26. The fraction of sp³-hybridized carbons (Fsp3) is 0.391. The lowest BCUT2D eigenvalue weighted by atomic mass is 10.1. The van der Waals surface area contributed by atoms with Crippen molar-refractivity contribution in [2.45, 2.75) is 11.0 Å². The van der Waals surface area contributed by atoms with Crippen molar-refractivity contribution in [2.75, 3.05) is 44.3 Å². The molecule has 0 saturated carbocycles. The van der Waals surface area contributed by atoms with Gasteiger partial charge in [0.15, 0.2) is 6.61 Å². The zero-order chi connectivity index (χ0) is 22.5. The molecular weight excluding hydrogens is 471 g/mol. The second-order valence-corrected chi connectivity index (χ2v) is 10.7. The number of benzene rings is 2. The molecule has 0 N–H and O–H groups in total. The molecule has 0 atom stereocenters. The van der Waals surface area contributed by atoms with Gasteiger partial charge in [0.2, 0.25) is 0 Å². The van der Waals surface area contributed by atoms with Gasteiger partial charge in [0.25, 0.3) is 11.8 Å². The number of hydrogen-bond donors (Lipinski definition) is 0. The maximum atomic E-state index is 14.0. The van der Waals surface area contributed by atoms with Gasteiger partial charge in [-0.2, -0.15) is 0 Å². The lowest BCUT2D eigenvalue weighted by molar-refractivity contribution is -0.134. The molecule has 0 aromatic heterocycles. The van der Waals surface area contributed by atoms with Crippen molar-refractivity contribution >= 4 is 46.9 Å². The summed E-state index contributed by atoms with van der Waals surface area (Å²) in [4.78, 5) is 28.4. The van der Waals surface area contributed by atoms with Gasteiger partial charge in [-0.05, 0) is 53.8 Å². The first kappa shape index (κ1) is 23.3. The van der Waals surface area contributed by atoms with Crippen molar-refractivity contribution in [2.24, 2.45) is 0 Å². The van der Waals surface area contributed by atoms with Gasteiger partial charge in [0.1, 0.15) is 11.6 Å². The summed E-state index contributed by atoms with van der Waals surface area (Å²) in [7, 11) is 0. The van der Waals surface area contributed by atoms with E-state index in [0.717, 1.165) is 0 Å². The molecule has 0 aliphatic carbocycles. The number of ether oxygens (including phenoxy) is 1. The van der Waals surface area contributed by atoms with E-state index >= 15 is 0 Å². The first-order chi connectivity index (χ1) is 15.5. The molecule has 2 aromatic rings. The SMILES string of the molecule is O=C(COc1ccc(C2SCCCS2)cc1)N1CCN(C(=O)c2cc(Cl)ccc2F)CC1. The topological polar surface area (TPSA) is 49.9 Å². The number of nitrogens with zero attached hydrogens (tertiary/aromatic N) is 2. The Balaban J connectivity index is 1.25. The molecule has 9 heteroatoms. The molecule has 2 heterocycles. The van der Waals surface area contributed by atoms with Crippen molar-refractivity contribution in [3.63, 3.8) is 0 Å². The van der Waals surface area contributed by atoms with Crippen molar-refractivity contribution in [3.8, 4) is 5.75 Å². The van der Waals surface area contributed by atoms with Gasteiger partial charge in [0, 0.05) is 31.2 Å². The average Bonchev–Trinajstić information content (AvgIpc) is 2.84. The first-order valence-corrected chi connectivity index (χ1v) is 13.0. The van der Waals surface area contributed by atoms with E-state index in [4.69, 9.17) is 16.3 Å². The smallest absolute Gasteiger partial charge is 0.260 e. The maximum Gasteiger partial charge on any atom is 0.260 e. The van der Waals surface area contributed by atoms with Crippen LogP contribution < -0.4 is 4.74 Å². The van der Waals surface area contributed by atoms with E-state index in [1.165, 1.54) is 41.7 Å². The van der Waals surface area contributed by atoms with E-state index in [0.29, 0.717) is 41.5 Å². The monoisotopic (exact) mass is 494 g/mol. The zero-order valence-corrected chi connectivity index (χ0v) is 19.9. The summed E-state index contributed by atoms with van der Waals surface area (Å²) in [5, 5.41) is 0.310. The van der Waals surface area contributed by atoms with E-state index in [1.807, 2.05) is 35.7 Å². The van der Waals surface area contributed by atoms with Crippen LogP contribution in [0, 0.1) is 5.82 Å². The lowest BCUT2D eigenvalue weighted by Gasteiger charge is -2.34. The number of hydrogen-bond acceptors (Lipinski definition) is 5. The number of amides is 2. The molecule has 2 amide bonds. The third-order valence-corrected chi connectivity index (χ3v) is 8.67. The van der Waals surface area contributed by atoms with Crippen LogP contribution in [0.3, 0.4) is 0 Å². The quantitative estimate of drug-likeness (QED) is 0.602. The number of rotatable bonds is 5. The van der Waals surface area contributed by atoms with E-state index in [2.05, 4.69) is 12.1 Å². The summed E-state index contributed by atoms with van der Waals surface area (Å²) >= 11 is 9.83. The van der Waals surface area contributed by atoms with Crippen LogP contribution in [0.1, 0.15) is 26.9 Å². The number of piperazine rings is 1. The van der Waals surface area contributed by atoms with Crippen molar-refractivity contribution < 1.29 is 18.7 Å². The minimum Gasteiger partial charge on any atom is -0.484 e. The van der Waals surface area contributed by atoms with Crippen molar-refractivity contribution in [1.82, 2.24) is 9.80 Å². The summed E-state index contributed by atoms with van der Waals surface area (Å²) in [6, 6.07) is 11.9. The van der Waals surface area contributed by atoms with E-state index in [1.54, 1.807) is 9.80 Å². The first-order valence-electron chi connectivity index (χ1n) is 10.5. The molecule has 32 heavy (non-hydrogen) atoms. The molecule has 2 fully saturated rings. The highest BCUT2D eigenvalue weighted by Gasteiger charge is 2.26. The lowest BCUT2D eigenvalue weighted by Crippen LogP contribution is -2.51. The van der Waals surface area contributed by atoms with E-state index in [-0.39, 0.29) is 18.1 Å². The van der Waals surface area contributed by atoms with Gasteiger partial charge >= 0.3 is 0 Å². The molecule has 170 valence electrons. The molecule has 2 aliphatic heterocycles. The average molecular weight is 495 g/mol. The van der Waals surface area contributed by atoms with E-state index < -0.39 is 11.7 Å². The third kappa shape index (κ3) is 5.71.